The number of hydrogen-bond acceptors (Lipinski definition) is 4. The average molecular weight is 311 g/mol. The molecule has 0 radical (unpaired) electrons. The maximum atomic E-state index is 11.7. The van der Waals surface area contributed by atoms with Crippen LogP contribution in [0.25, 0.3) is 0 Å². The molecule has 1 fully saturated rings. The van der Waals surface area contributed by atoms with Crippen molar-refractivity contribution in [3.8, 4) is 0 Å². The van der Waals surface area contributed by atoms with Gasteiger partial charge in [0.2, 0.25) is 5.91 Å². The van der Waals surface area contributed by atoms with Gasteiger partial charge in [-0.2, -0.15) is 0 Å². The molecule has 5 nitrogen and oxygen atoms in total. The predicted octanol–water partition coefficient (Wildman–Crippen LogP) is 2.01. The van der Waals surface area contributed by atoms with Crippen molar-refractivity contribution in [1.29, 1.82) is 0 Å². The third-order valence-electron chi connectivity index (χ3n) is 3.91. The molecule has 0 bridgehead atoms. The van der Waals surface area contributed by atoms with Gasteiger partial charge in [-0.3, -0.25) is 9.69 Å². The van der Waals surface area contributed by atoms with E-state index in [0.29, 0.717) is 17.7 Å². The average Bonchev–Trinajstić information content (AvgIpc) is 2.44. The zero-order chi connectivity index (χ0) is 15.4. The van der Waals surface area contributed by atoms with E-state index in [4.69, 9.17) is 11.6 Å². The van der Waals surface area contributed by atoms with Crippen molar-refractivity contribution in [3.63, 3.8) is 0 Å². The molecule has 1 aliphatic heterocycles. The number of carbonyl (C=O) groups excluding carboxylic acids is 1. The number of hydrogen-bond donors (Lipinski definition) is 1. The Kier molecular flexibility index (Phi) is 5.42. The van der Waals surface area contributed by atoms with Gasteiger partial charge in [-0.25, -0.2) is 4.98 Å². The number of amides is 1. The molecule has 1 N–H and O–H groups in total. The van der Waals surface area contributed by atoms with Crippen LogP contribution in [0.4, 0.5) is 5.69 Å². The number of carbonyl (C=O) groups is 1. The van der Waals surface area contributed by atoms with Crippen molar-refractivity contribution in [2.75, 3.05) is 39.0 Å². The lowest BCUT2D eigenvalue weighted by Crippen LogP contribution is -2.44. The molecular formula is C15H23ClN4O. The summed E-state index contributed by atoms with van der Waals surface area (Å²) in [6, 6.07) is 2.34. The summed E-state index contributed by atoms with van der Waals surface area (Å²) in [5, 5.41) is 4.03. The Morgan fingerprint density at radius 2 is 2.14 bits per heavy atom. The molecule has 116 valence electrons. The van der Waals surface area contributed by atoms with E-state index in [1.54, 1.807) is 25.2 Å². The number of pyridine rings is 1. The lowest BCUT2D eigenvalue weighted by Gasteiger charge is -2.33. The maximum Gasteiger partial charge on any atom is 0.236 e. The summed E-state index contributed by atoms with van der Waals surface area (Å²) >= 11 is 6.15. The second-order valence-electron chi connectivity index (χ2n) is 5.78. The molecule has 2 heterocycles. The van der Waals surface area contributed by atoms with Gasteiger partial charge in [-0.1, -0.05) is 11.6 Å². The Bertz CT molecular complexity index is 478. The normalized spacial score (nSPS) is 16.8. The van der Waals surface area contributed by atoms with E-state index in [2.05, 4.69) is 15.2 Å². The van der Waals surface area contributed by atoms with Gasteiger partial charge in [0.15, 0.2) is 5.15 Å². The highest BCUT2D eigenvalue weighted by Crippen LogP contribution is 2.25. The van der Waals surface area contributed by atoms with E-state index in [1.807, 2.05) is 13.0 Å². The Morgan fingerprint density at radius 3 is 2.71 bits per heavy atom. The molecule has 0 saturated carbocycles. The Morgan fingerprint density at radius 1 is 1.48 bits per heavy atom. The topological polar surface area (TPSA) is 48.5 Å². The number of aryl methyl sites for hydroxylation is 1. The number of halogens is 1. The molecule has 1 amide bonds. The number of likely N-dealkylation sites (tertiary alicyclic amines) is 1. The quantitative estimate of drug-likeness (QED) is 0.864. The first kappa shape index (κ1) is 16.0. The largest absolute Gasteiger partial charge is 0.380 e. The summed E-state index contributed by atoms with van der Waals surface area (Å²) in [6.45, 7) is 4.38. The SMILES string of the molecule is Cc1ccnc(Cl)c1NC1CCN(CC(=O)N(C)C)CC1. The van der Waals surface area contributed by atoms with Crippen LogP contribution in [0.3, 0.4) is 0 Å². The summed E-state index contributed by atoms with van der Waals surface area (Å²) in [5.74, 6) is 0.160. The third-order valence-corrected chi connectivity index (χ3v) is 4.19. The van der Waals surface area contributed by atoms with Gasteiger partial charge in [-0.15, -0.1) is 0 Å². The Labute approximate surface area is 131 Å². The summed E-state index contributed by atoms with van der Waals surface area (Å²) < 4.78 is 0. The van der Waals surface area contributed by atoms with Gasteiger partial charge < -0.3 is 10.2 Å². The minimum absolute atomic E-state index is 0.160. The Balaban J connectivity index is 1.86. The highest BCUT2D eigenvalue weighted by molar-refractivity contribution is 6.32. The molecule has 1 aliphatic rings. The van der Waals surface area contributed by atoms with Crippen molar-refractivity contribution in [2.24, 2.45) is 0 Å². The van der Waals surface area contributed by atoms with Crippen LogP contribution in [-0.2, 0) is 4.79 Å². The number of anilines is 1. The molecule has 0 aliphatic carbocycles. The second kappa shape index (κ2) is 7.09. The molecule has 0 aromatic carbocycles. The van der Waals surface area contributed by atoms with Crippen LogP contribution in [0, 0.1) is 6.92 Å². The zero-order valence-corrected chi connectivity index (χ0v) is 13.7. The standard InChI is InChI=1S/C15H23ClN4O/c1-11-4-7-17-15(16)14(11)18-12-5-8-20(9-6-12)10-13(21)19(2)3/h4,7,12,18H,5-6,8-10H2,1-3H3. The van der Waals surface area contributed by atoms with Gasteiger partial charge in [0, 0.05) is 39.4 Å². The van der Waals surface area contributed by atoms with Crippen molar-refractivity contribution >= 4 is 23.2 Å². The second-order valence-corrected chi connectivity index (χ2v) is 6.13. The van der Waals surface area contributed by atoms with E-state index in [-0.39, 0.29) is 5.91 Å². The first-order valence-corrected chi connectivity index (χ1v) is 7.65. The number of piperidine rings is 1. The first-order chi connectivity index (χ1) is 9.97. The molecule has 6 heteroatoms. The van der Waals surface area contributed by atoms with Crippen molar-refractivity contribution in [3.05, 3.63) is 23.0 Å². The van der Waals surface area contributed by atoms with Crippen LogP contribution in [-0.4, -0.2) is 60.5 Å². The molecule has 1 aromatic rings. The van der Waals surface area contributed by atoms with Crippen LogP contribution in [0.1, 0.15) is 18.4 Å². The number of likely N-dealkylation sites (N-methyl/N-ethyl adjacent to an activating group) is 1. The lowest BCUT2D eigenvalue weighted by molar-refractivity contribution is -0.130. The first-order valence-electron chi connectivity index (χ1n) is 7.27. The maximum absolute atomic E-state index is 11.7. The van der Waals surface area contributed by atoms with Crippen molar-refractivity contribution in [2.45, 2.75) is 25.8 Å². The molecule has 1 aromatic heterocycles. The van der Waals surface area contributed by atoms with Gasteiger partial charge in [0.1, 0.15) is 0 Å². The highest BCUT2D eigenvalue weighted by Gasteiger charge is 2.22. The summed E-state index contributed by atoms with van der Waals surface area (Å²) in [6.07, 6.45) is 3.73. The molecule has 0 spiro atoms. The minimum atomic E-state index is 0.160. The van der Waals surface area contributed by atoms with Crippen LogP contribution in [0.2, 0.25) is 5.15 Å². The van der Waals surface area contributed by atoms with Gasteiger partial charge >= 0.3 is 0 Å². The molecule has 2 rings (SSSR count). The Hall–Kier alpha value is -1.33. The molecule has 21 heavy (non-hydrogen) atoms. The van der Waals surface area contributed by atoms with Crippen molar-refractivity contribution in [1.82, 2.24) is 14.8 Å². The van der Waals surface area contributed by atoms with Crippen LogP contribution >= 0.6 is 11.6 Å². The molecule has 0 unspecified atom stereocenters. The lowest BCUT2D eigenvalue weighted by atomic mass is 10.0. The monoisotopic (exact) mass is 310 g/mol. The van der Waals surface area contributed by atoms with Gasteiger partial charge in [0.05, 0.1) is 12.2 Å². The fourth-order valence-electron chi connectivity index (χ4n) is 2.47. The number of nitrogens with one attached hydrogen (secondary N) is 1. The van der Waals surface area contributed by atoms with E-state index < -0.39 is 0 Å². The third kappa shape index (κ3) is 4.32. The number of aromatic nitrogens is 1. The summed E-state index contributed by atoms with van der Waals surface area (Å²) in [7, 11) is 3.59. The fraction of sp³-hybridized carbons (Fsp3) is 0.600. The highest BCUT2D eigenvalue weighted by atomic mass is 35.5. The van der Waals surface area contributed by atoms with Crippen LogP contribution in [0.15, 0.2) is 12.3 Å². The van der Waals surface area contributed by atoms with Gasteiger partial charge in [0.25, 0.3) is 0 Å². The fourth-order valence-corrected chi connectivity index (χ4v) is 2.73. The predicted molar refractivity (Wildman–Crippen MR) is 85.8 cm³/mol. The molecule has 1 saturated heterocycles. The molecule has 0 atom stereocenters. The van der Waals surface area contributed by atoms with Crippen LogP contribution < -0.4 is 5.32 Å². The van der Waals surface area contributed by atoms with E-state index >= 15 is 0 Å². The summed E-state index contributed by atoms with van der Waals surface area (Å²) in [5.41, 5.74) is 2.04. The smallest absolute Gasteiger partial charge is 0.236 e. The van der Waals surface area contributed by atoms with E-state index in [9.17, 15) is 4.79 Å². The molecular weight excluding hydrogens is 288 g/mol. The van der Waals surface area contributed by atoms with E-state index in [1.165, 1.54) is 0 Å². The number of nitrogens with zero attached hydrogens (tertiary/aromatic N) is 3. The summed E-state index contributed by atoms with van der Waals surface area (Å²) in [4.78, 5) is 19.7. The minimum Gasteiger partial charge on any atom is -0.380 e. The number of rotatable bonds is 4. The van der Waals surface area contributed by atoms with Crippen molar-refractivity contribution < 1.29 is 4.79 Å². The zero-order valence-electron chi connectivity index (χ0n) is 12.9. The van der Waals surface area contributed by atoms with Gasteiger partial charge in [-0.05, 0) is 31.4 Å². The van der Waals surface area contributed by atoms with E-state index in [0.717, 1.165) is 37.2 Å². The van der Waals surface area contributed by atoms with Crippen LogP contribution in [0.5, 0.6) is 0 Å².